The molecule has 1 heterocycles. The van der Waals surface area contributed by atoms with E-state index in [2.05, 4.69) is 10.6 Å². The average Bonchev–Trinajstić information content (AvgIpc) is 2.29. The highest BCUT2D eigenvalue weighted by Gasteiger charge is 2.35. The van der Waals surface area contributed by atoms with Gasteiger partial charge < -0.3 is 10.6 Å². The molecule has 1 aliphatic rings. The molecule has 1 aliphatic heterocycles. The van der Waals surface area contributed by atoms with Crippen LogP contribution in [0, 0.1) is 0 Å². The fourth-order valence-electron chi connectivity index (χ4n) is 1.95. The van der Waals surface area contributed by atoms with Crippen LogP contribution < -0.4 is 10.6 Å². The maximum Gasteiger partial charge on any atom is 0.416 e. The van der Waals surface area contributed by atoms with Crippen LogP contribution in [0.25, 0.3) is 0 Å². The van der Waals surface area contributed by atoms with E-state index in [1.807, 2.05) is 0 Å². The number of alkyl halides is 3. The molecule has 0 amide bonds. The zero-order chi connectivity index (χ0) is 12.5. The Labute approximate surface area is 114 Å². The van der Waals surface area contributed by atoms with Gasteiger partial charge in [-0.05, 0) is 17.7 Å². The Balaban J connectivity index is 0.00000162. The van der Waals surface area contributed by atoms with Crippen molar-refractivity contribution in [3.05, 3.63) is 34.3 Å². The second-order valence-corrected chi connectivity index (χ2v) is 4.38. The van der Waals surface area contributed by atoms with Crippen LogP contribution in [0.2, 0.25) is 5.02 Å². The summed E-state index contributed by atoms with van der Waals surface area (Å²) in [6, 6.07) is 3.59. The Morgan fingerprint density at radius 2 is 1.94 bits per heavy atom. The normalized spacial score (nSPS) is 20.3. The zero-order valence-corrected chi connectivity index (χ0v) is 10.9. The van der Waals surface area contributed by atoms with E-state index in [1.54, 1.807) is 0 Å². The molecule has 7 heteroatoms. The lowest BCUT2D eigenvalue weighted by atomic mass is 9.98. The third-order valence-corrected chi connectivity index (χ3v) is 2.97. The van der Waals surface area contributed by atoms with E-state index in [1.165, 1.54) is 12.1 Å². The highest BCUT2D eigenvalue weighted by molar-refractivity contribution is 6.30. The predicted molar refractivity (Wildman–Crippen MR) is 67.3 cm³/mol. The van der Waals surface area contributed by atoms with Crippen molar-refractivity contribution < 1.29 is 13.2 Å². The molecule has 0 radical (unpaired) electrons. The monoisotopic (exact) mass is 300 g/mol. The van der Waals surface area contributed by atoms with Crippen LogP contribution in [0.4, 0.5) is 13.2 Å². The van der Waals surface area contributed by atoms with Crippen molar-refractivity contribution in [1.29, 1.82) is 0 Å². The minimum Gasteiger partial charge on any atom is -0.314 e. The summed E-state index contributed by atoms with van der Waals surface area (Å²) < 4.78 is 38.6. The summed E-state index contributed by atoms with van der Waals surface area (Å²) in [6.07, 6.45) is -4.38. The van der Waals surface area contributed by atoms with E-state index in [0.717, 1.165) is 12.6 Å². The molecule has 2 N–H and O–H groups in total. The van der Waals surface area contributed by atoms with Crippen molar-refractivity contribution in [3.8, 4) is 0 Å². The zero-order valence-electron chi connectivity index (χ0n) is 9.35. The van der Waals surface area contributed by atoms with Crippen LogP contribution in [0.3, 0.4) is 0 Å². The Morgan fingerprint density at radius 1 is 1.22 bits per heavy atom. The minimum atomic E-state index is -4.38. The first-order chi connectivity index (χ1) is 7.98. The molecule has 0 bridgehead atoms. The molecule has 0 spiro atoms. The predicted octanol–water partition coefficient (Wildman–Crippen LogP) is 3.01. The number of rotatable bonds is 1. The largest absolute Gasteiger partial charge is 0.416 e. The van der Waals surface area contributed by atoms with E-state index in [0.29, 0.717) is 13.1 Å². The number of hydrogen-bond acceptors (Lipinski definition) is 2. The summed E-state index contributed by atoms with van der Waals surface area (Å²) in [5.41, 5.74) is -0.416. The molecular weight excluding hydrogens is 288 g/mol. The van der Waals surface area contributed by atoms with Crippen LogP contribution in [0.1, 0.15) is 17.2 Å². The van der Waals surface area contributed by atoms with Crippen LogP contribution in [0.5, 0.6) is 0 Å². The van der Waals surface area contributed by atoms with Gasteiger partial charge >= 0.3 is 6.18 Å². The first kappa shape index (κ1) is 15.6. The molecule has 1 atom stereocenters. The molecule has 2 nitrogen and oxygen atoms in total. The summed E-state index contributed by atoms with van der Waals surface area (Å²) in [6.45, 7) is 1.92. The summed E-state index contributed by atoms with van der Waals surface area (Å²) >= 11 is 5.63. The SMILES string of the molecule is Cl.FC(F)(F)c1cc(Cl)ccc1[C@@H]1CNCCN1. The topological polar surface area (TPSA) is 24.1 Å². The van der Waals surface area contributed by atoms with Gasteiger partial charge in [0.1, 0.15) is 0 Å². The van der Waals surface area contributed by atoms with Crippen LogP contribution in [0.15, 0.2) is 18.2 Å². The maximum atomic E-state index is 12.9. The molecular formula is C11H13Cl2F3N2. The Morgan fingerprint density at radius 3 is 2.50 bits per heavy atom. The molecule has 0 aliphatic carbocycles. The molecule has 1 aromatic carbocycles. The van der Waals surface area contributed by atoms with Gasteiger partial charge in [0.05, 0.1) is 5.56 Å². The minimum absolute atomic E-state index is 0. The summed E-state index contributed by atoms with van der Waals surface area (Å²) in [4.78, 5) is 0. The van der Waals surface area contributed by atoms with Crippen LogP contribution in [-0.4, -0.2) is 19.6 Å². The third kappa shape index (κ3) is 3.51. The Hall–Kier alpha value is -0.490. The fraction of sp³-hybridized carbons (Fsp3) is 0.455. The third-order valence-electron chi connectivity index (χ3n) is 2.74. The smallest absolute Gasteiger partial charge is 0.314 e. The molecule has 0 unspecified atom stereocenters. The van der Waals surface area contributed by atoms with Gasteiger partial charge in [0, 0.05) is 30.7 Å². The van der Waals surface area contributed by atoms with Gasteiger partial charge in [-0.1, -0.05) is 17.7 Å². The van der Waals surface area contributed by atoms with E-state index in [4.69, 9.17) is 11.6 Å². The summed E-state index contributed by atoms with van der Waals surface area (Å²) in [5, 5.41) is 6.23. The first-order valence-corrected chi connectivity index (χ1v) is 5.67. The number of nitrogens with one attached hydrogen (secondary N) is 2. The van der Waals surface area contributed by atoms with Crippen molar-refractivity contribution in [3.63, 3.8) is 0 Å². The van der Waals surface area contributed by atoms with Crippen molar-refractivity contribution in [1.82, 2.24) is 10.6 Å². The van der Waals surface area contributed by atoms with Gasteiger partial charge in [-0.25, -0.2) is 0 Å². The number of halogens is 5. The summed E-state index contributed by atoms with van der Waals surface area (Å²) in [7, 11) is 0. The van der Waals surface area contributed by atoms with Crippen LogP contribution >= 0.6 is 24.0 Å². The highest BCUT2D eigenvalue weighted by Crippen LogP contribution is 2.36. The van der Waals surface area contributed by atoms with Crippen molar-refractivity contribution in [2.45, 2.75) is 12.2 Å². The molecule has 2 rings (SSSR count). The van der Waals surface area contributed by atoms with Gasteiger partial charge in [0.2, 0.25) is 0 Å². The van der Waals surface area contributed by atoms with Crippen molar-refractivity contribution >= 4 is 24.0 Å². The molecule has 1 fully saturated rings. The van der Waals surface area contributed by atoms with Crippen molar-refractivity contribution in [2.75, 3.05) is 19.6 Å². The van der Waals surface area contributed by atoms with E-state index >= 15 is 0 Å². The van der Waals surface area contributed by atoms with Gasteiger partial charge in [0.25, 0.3) is 0 Å². The maximum absolute atomic E-state index is 12.9. The van der Waals surface area contributed by atoms with Gasteiger partial charge in [-0.2, -0.15) is 13.2 Å². The highest BCUT2D eigenvalue weighted by atomic mass is 35.5. The second-order valence-electron chi connectivity index (χ2n) is 3.94. The average molecular weight is 301 g/mol. The van der Waals surface area contributed by atoms with Gasteiger partial charge in [0.15, 0.2) is 0 Å². The lowest BCUT2D eigenvalue weighted by molar-refractivity contribution is -0.138. The van der Waals surface area contributed by atoms with Gasteiger partial charge in [-0.15, -0.1) is 12.4 Å². The van der Waals surface area contributed by atoms with E-state index in [9.17, 15) is 13.2 Å². The molecule has 1 saturated heterocycles. The van der Waals surface area contributed by atoms with Crippen molar-refractivity contribution in [2.24, 2.45) is 0 Å². The number of piperazine rings is 1. The Bertz CT molecular complexity index is 404. The fourth-order valence-corrected chi connectivity index (χ4v) is 2.12. The Kier molecular flexibility index (Phi) is 5.28. The summed E-state index contributed by atoms with van der Waals surface area (Å²) in [5.74, 6) is 0. The molecule has 102 valence electrons. The lowest BCUT2D eigenvalue weighted by Gasteiger charge is -2.27. The standard InChI is InChI=1S/C11H12ClF3N2.ClH/c12-7-1-2-8(9(5-7)11(13,14)15)10-6-16-3-4-17-10;/h1-2,5,10,16-17H,3-4,6H2;1H/t10-;/m0./s1. The van der Waals surface area contributed by atoms with Crippen LogP contribution in [-0.2, 0) is 6.18 Å². The van der Waals surface area contributed by atoms with Gasteiger partial charge in [-0.3, -0.25) is 0 Å². The number of hydrogen-bond donors (Lipinski definition) is 2. The number of benzene rings is 1. The quantitative estimate of drug-likeness (QED) is 0.833. The molecule has 18 heavy (non-hydrogen) atoms. The van der Waals surface area contributed by atoms with E-state index in [-0.39, 0.29) is 29.0 Å². The molecule has 1 aromatic rings. The lowest BCUT2D eigenvalue weighted by Crippen LogP contribution is -2.43. The molecule has 0 aromatic heterocycles. The van der Waals surface area contributed by atoms with E-state index < -0.39 is 11.7 Å². The molecule has 0 saturated carbocycles. The second kappa shape index (κ2) is 6.10. The first-order valence-electron chi connectivity index (χ1n) is 5.29.